The summed E-state index contributed by atoms with van der Waals surface area (Å²) in [5, 5.41) is 8.99. The molecule has 2 aromatic rings. The lowest BCUT2D eigenvalue weighted by molar-refractivity contribution is -0.135. The molecule has 35 heavy (non-hydrogen) atoms. The SMILES string of the molecule is CCCCCCCCCCCCCCOc1cccc(Nn2ccccc2=O)c1/C=C/CC(=O)O. The van der Waals surface area contributed by atoms with Crippen LogP contribution in [0.3, 0.4) is 0 Å². The number of benzene rings is 1. The maximum Gasteiger partial charge on any atom is 0.307 e. The number of nitrogens with one attached hydrogen (secondary N) is 1. The number of aliphatic carboxylic acids is 1. The molecule has 0 amide bonds. The fourth-order valence-electron chi connectivity index (χ4n) is 3.99. The number of ether oxygens (including phenoxy) is 1. The third-order valence-corrected chi connectivity index (χ3v) is 5.96. The third kappa shape index (κ3) is 11.8. The highest BCUT2D eigenvalue weighted by molar-refractivity contribution is 5.75. The molecule has 0 radical (unpaired) electrons. The molecule has 0 bridgehead atoms. The number of unbranched alkanes of at least 4 members (excludes halogenated alkanes) is 11. The highest BCUT2D eigenvalue weighted by Crippen LogP contribution is 2.29. The van der Waals surface area contributed by atoms with Gasteiger partial charge in [0.05, 0.1) is 18.7 Å². The van der Waals surface area contributed by atoms with Crippen LogP contribution in [0.1, 0.15) is 96.0 Å². The Morgan fingerprint density at radius 2 is 1.57 bits per heavy atom. The van der Waals surface area contributed by atoms with Gasteiger partial charge in [-0.3, -0.25) is 15.0 Å². The van der Waals surface area contributed by atoms with Gasteiger partial charge in [0.1, 0.15) is 5.75 Å². The number of anilines is 1. The van der Waals surface area contributed by atoms with Gasteiger partial charge in [-0.25, -0.2) is 4.68 Å². The second kappa shape index (κ2) is 17.4. The number of hydrogen-bond donors (Lipinski definition) is 2. The summed E-state index contributed by atoms with van der Waals surface area (Å²) in [6.07, 6.45) is 20.4. The van der Waals surface area contributed by atoms with Crippen LogP contribution in [0.25, 0.3) is 6.08 Å². The first-order valence-corrected chi connectivity index (χ1v) is 13.2. The van der Waals surface area contributed by atoms with Crippen LogP contribution < -0.4 is 15.7 Å². The Morgan fingerprint density at radius 1 is 0.914 bits per heavy atom. The molecule has 1 aromatic heterocycles. The number of carboxylic acid groups (broad SMARTS) is 1. The Balaban J connectivity index is 1.80. The van der Waals surface area contributed by atoms with Crippen molar-refractivity contribution in [2.24, 2.45) is 0 Å². The highest BCUT2D eigenvalue weighted by Gasteiger charge is 2.09. The van der Waals surface area contributed by atoms with E-state index < -0.39 is 5.97 Å². The van der Waals surface area contributed by atoms with E-state index in [1.165, 1.54) is 75.0 Å². The summed E-state index contributed by atoms with van der Waals surface area (Å²) < 4.78 is 7.46. The van der Waals surface area contributed by atoms with Gasteiger partial charge in [0.15, 0.2) is 0 Å². The summed E-state index contributed by atoms with van der Waals surface area (Å²) in [6.45, 7) is 2.86. The highest BCUT2D eigenvalue weighted by atomic mass is 16.5. The largest absolute Gasteiger partial charge is 0.493 e. The van der Waals surface area contributed by atoms with Crippen molar-refractivity contribution in [2.75, 3.05) is 12.0 Å². The van der Waals surface area contributed by atoms with Crippen LogP contribution >= 0.6 is 0 Å². The standard InChI is InChI=1S/C29H42N2O4/c1-2-3-4-5-6-7-8-9-10-11-12-15-24-35-27-20-17-19-26(25(27)18-16-22-29(33)34)30-31-23-14-13-21-28(31)32/h13-14,16-21,23,30H,2-12,15,22,24H2,1H3,(H,33,34)/b18-16+. The number of hydrogen-bond acceptors (Lipinski definition) is 4. The lowest BCUT2D eigenvalue weighted by atomic mass is 10.1. The zero-order valence-electron chi connectivity index (χ0n) is 21.2. The van der Waals surface area contributed by atoms with Crippen LogP contribution in [0.2, 0.25) is 0 Å². The van der Waals surface area contributed by atoms with E-state index in [1.807, 2.05) is 18.2 Å². The molecule has 192 valence electrons. The normalized spacial score (nSPS) is 11.1. The van der Waals surface area contributed by atoms with Crippen LogP contribution in [-0.2, 0) is 4.79 Å². The van der Waals surface area contributed by atoms with Gasteiger partial charge in [0.25, 0.3) is 5.56 Å². The second-order valence-electron chi connectivity index (χ2n) is 8.98. The van der Waals surface area contributed by atoms with Crippen LogP contribution in [0.15, 0.2) is 53.5 Å². The molecule has 2 N–H and O–H groups in total. The van der Waals surface area contributed by atoms with Crippen molar-refractivity contribution in [3.8, 4) is 5.75 Å². The van der Waals surface area contributed by atoms with Crippen molar-refractivity contribution in [3.63, 3.8) is 0 Å². The molecule has 0 aliphatic heterocycles. The molecule has 0 saturated carbocycles. The number of aromatic nitrogens is 1. The summed E-state index contributed by atoms with van der Waals surface area (Å²) in [5.74, 6) is -0.228. The monoisotopic (exact) mass is 482 g/mol. The van der Waals surface area contributed by atoms with E-state index in [0.717, 1.165) is 18.4 Å². The topological polar surface area (TPSA) is 80.6 Å². The average Bonchev–Trinajstić information content (AvgIpc) is 2.84. The maximum atomic E-state index is 12.1. The molecule has 0 saturated heterocycles. The molecule has 0 atom stereocenters. The minimum absolute atomic E-state index is 0.0855. The quantitative estimate of drug-likeness (QED) is 0.205. The number of rotatable bonds is 19. The van der Waals surface area contributed by atoms with Gasteiger partial charge in [0, 0.05) is 17.8 Å². The minimum Gasteiger partial charge on any atom is -0.493 e. The van der Waals surface area contributed by atoms with E-state index in [4.69, 9.17) is 9.84 Å². The number of nitrogens with zero attached hydrogens (tertiary/aromatic N) is 1. The van der Waals surface area contributed by atoms with Gasteiger partial charge in [-0.05, 0) is 24.6 Å². The molecule has 1 aromatic carbocycles. The minimum atomic E-state index is -0.898. The van der Waals surface area contributed by atoms with E-state index in [9.17, 15) is 9.59 Å². The first-order valence-electron chi connectivity index (χ1n) is 13.2. The van der Waals surface area contributed by atoms with Gasteiger partial charge < -0.3 is 9.84 Å². The van der Waals surface area contributed by atoms with Crippen LogP contribution in [0.5, 0.6) is 5.75 Å². The van der Waals surface area contributed by atoms with E-state index in [2.05, 4.69) is 12.3 Å². The molecule has 6 nitrogen and oxygen atoms in total. The third-order valence-electron chi connectivity index (χ3n) is 5.96. The summed E-state index contributed by atoms with van der Waals surface area (Å²) in [4.78, 5) is 23.1. The van der Waals surface area contributed by atoms with Gasteiger partial charge in [-0.1, -0.05) is 102 Å². The first kappa shape index (κ1) is 28.2. The van der Waals surface area contributed by atoms with Crippen molar-refractivity contribution >= 4 is 17.7 Å². The van der Waals surface area contributed by atoms with E-state index in [0.29, 0.717) is 18.0 Å². The van der Waals surface area contributed by atoms with E-state index in [-0.39, 0.29) is 12.0 Å². The second-order valence-corrected chi connectivity index (χ2v) is 8.98. The van der Waals surface area contributed by atoms with Gasteiger partial charge >= 0.3 is 5.97 Å². The predicted octanol–water partition coefficient (Wildman–Crippen LogP) is 7.29. The number of carbonyl (C=O) groups is 1. The van der Waals surface area contributed by atoms with Gasteiger partial charge in [0.2, 0.25) is 0 Å². The smallest absolute Gasteiger partial charge is 0.307 e. The summed E-state index contributed by atoms with van der Waals surface area (Å²) in [7, 11) is 0. The molecule has 0 aliphatic rings. The van der Waals surface area contributed by atoms with E-state index >= 15 is 0 Å². The maximum absolute atomic E-state index is 12.1. The molecule has 1 heterocycles. The molecular formula is C29H42N2O4. The van der Waals surface area contributed by atoms with Crippen LogP contribution in [0, 0.1) is 0 Å². The van der Waals surface area contributed by atoms with Crippen molar-refractivity contribution in [1.29, 1.82) is 0 Å². The molecule has 2 rings (SSSR count). The first-order chi connectivity index (χ1) is 17.1. The van der Waals surface area contributed by atoms with Crippen LogP contribution in [0.4, 0.5) is 5.69 Å². The Morgan fingerprint density at radius 3 is 2.20 bits per heavy atom. The molecule has 0 spiro atoms. The summed E-state index contributed by atoms with van der Waals surface area (Å²) >= 11 is 0. The van der Waals surface area contributed by atoms with Gasteiger partial charge in [-0.2, -0.15) is 0 Å². The molecule has 0 unspecified atom stereocenters. The fourth-order valence-corrected chi connectivity index (χ4v) is 3.99. The Kier molecular flexibility index (Phi) is 14.0. The molecule has 0 fully saturated rings. The predicted molar refractivity (Wildman–Crippen MR) is 144 cm³/mol. The lowest BCUT2D eigenvalue weighted by Gasteiger charge is -2.16. The van der Waals surface area contributed by atoms with Gasteiger partial charge in [-0.15, -0.1) is 0 Å². The van der Waals surface area contributed by atoms with Crippen LogP contribution in [-0.4, -0.2) is 22.4 Å². The Bertz CT molecular complexity index is 952. The van der Waals surface area contributed by atoms with Crippen molar-refractivity contribution in [1.82, 2.24) is 4.68 Å². The summed E-state index contributed by atoms with van der Waals surface area (Å²) in [5.41, 5.74) is 4.31. The van der Waals surface area contributed by atoms with Crippen molar-refractivity contribution in [2.45, 2.75) is 90.4 Å². The molecule has 0 aliphatic carbocycles. The van der Waals surface area contributed by atoms with E-state index in [1.54, 1.807) is 30.5 Å². The Hall–Kier alpha value is -3.02. The number of pyridine rings is 1. The molecular weight excluding hydrogens is 440 g/mol. The van der Waals surface area contributed by atoms with Crippen molar-refractivity contribution < 1.29 is 14.6 Å². The number of carboxylic acids is 1. The summed E-state index contributed by atoms with van der Waals surface area (Å²) in [6, 6.07) is 10.5. The molecule has 6 heteroatoms. The van der Waals surface area contributed by atoms with Crippen molar-refractivity contribution in [3.05, 3.63) is 64.6 Å². The Labute approximate surface area is 210 Å². The average molecular weight is 483 g/mol. The zero-order valence-corrected chi connectivity index (χ0v) is 21.2. The fraction of sp³-hybridized carbons (Fsp3) is 0.517. The lowest BCUT2D eigenvalue weighted by Crippen LogP contribution is -2.24. The zero-order chi connectivity index (χ0) is 25.1.